The maximum absolute atomic E-state index is 12.2. The molecule has 0 aliphatic carbocycles. The second-order valence-electron chi connectivity index (χ2n) is 4.10. The van der Waals surface area contributed by atoms with E-state index in [1.54, 1.807) is 7.05 Å². The van der Waals surface area contributed by atoms with Gasteiger partial charge in [-0.1, -0.05) is 6.92 Å². The van der Waals surface area contributed by atoms with Crippen LogP contribution in [-0.2, 0) is 6.42 Å². The molecule has 8 heteroatoms. The summed E-state index contributed by atoms with van der Waals surface area (Å²) in [4.78, 5) is 10.2. The Labute approximate surface area is 118 Å². The minimum Gasteiger partial charge on any atom is -0.477 e. The van der Waals surface area contributed by atoms with Crippen molar-refractivity contribution < 1.29 is 17.9 Å². The number of rotatable bonds is 5. The van der Waals surface area contributed by atoms with Crippen molar-refractivity contribution in [2.24, 2.45) is 0 Å². The zero-order valence-electron chi connectivity index (χ0n) is 11.0. The van der Waals surface area contributed by atoms with Gasteiger partial charge in [0.15, 0.2) is 0 Å². The van der Waals surface area contributed by atoms with Gasteiger partial charge in [-0.25, -0.2) is 4.98 Å². The Morgan fingerprint density at radius 1 is 1.35 bits per heavy atom. The van der Waals surface area contributed by atoms with Crippen LogP contribution in [0.4, 0.5) is 19.1 Å². The maximum atomic E-state index is 12.2. The fourth-order valence-corrected chi connectivity index (χ4v) is 2.56. The van der Waals surface area contributed by atoms with E-state index in [2.05, 4.69) is 15.3 Å². The van der Waals surface area contributed by atoms with E-state index in [9.17, 15) is 13.2 Å². The van der Waals surface area contributed by atoms with Crippen molar-refractivity contribution in [3.63, 3.8) is 0 Å². The van der Waals surface area contributed by atoms with Crippen molar-refractivity contribution in [3.8, 4) is 5.88 Å². The van der Waals surface area contributed by atoms with Crippen LogP contribution in [0.25, 0.3) is 10.2 Å². The highest BCUT2D eigenvalue weighted by molar-refractivity contribution is 7.18. The summed E-state index contributed by atoms with van der Waals surface area (Å²) in [5.41, 5.74) is 0. The van der Waals surface area contributed by atoms with Crippen molar-refractivity contribution in [1.82, 2.24) is 9.97 Å². The van der Waals surface area contributed by atoms with E-state index in [1.807, 2.05) is 13.0 Å². The van der Waals surface area contributed by atoms with Crippen LogP contribution in [0.1, 0.15) is 18.2 Å². The van der Waals surface area contributed by atoms with Gasteiger partial charge in [0, 0.05) is 11.9 Å². The summed E-state index contributed by atoms with van der Waals surface area (Å²) in [6.07, 6.45) is -4.41. The quantitative estimate of drug-likeness (QED) is 0.916. The third-order valence-electron chi connectivity index (χ3n) is 2.61. The molecular formula is C12H14F3N3OS. The van der Waals surface area contributed by atoms with Gasteiger partial charge in [0.2, 0.25) is 11.8 Å². The average Bonchev–Trinajstić information content (AvgIpc) is 2.80. The van der Waals surface area contributed by atoms with Crippen LogP contribution in [-0.4, -0.2) is 29.8 Å². The van der Waals surface area contributed by atoms with Crippen molar-refractivity contribution >= 4 is 27.5 Å². The third-order valence-corrected chi connectivity index (χ3v) is 3.78. The van der Waals surface area contributed by atoms with Crippen LogP contribution in [0.3, 0.4) is 0 Å². The van der Waals surface area contributed by atoms with Crippen molar-refractivity contribution in [2.45, 2.75) is 25.9 Å². The third kappa shape index (κ3) is 3.50. The normalized spacial score (nSPS) is 11.8. The molecule has 0 saturated heterocycles. The summed E-state index contributed by atoms with van der Waals surface area (Å²) in [6, 6.07) is 1.86. The first-order chi connectivity index (χ1) is 9.43. The van der Waals surface area contributed by atoms with Crippen molar-refractivity contribution in [3.05, 3.63) is 10.9 Å². The molecule has 110 valence electrons. The van der Waals surface area contributed by atoms with Crippen LogP contribution in [0.15, 0.2) is 6.07 Å². The Balaban J connectivity index is 2.27. The molecule has 20 heavy (non-hydrogen) atoms. The fraction of sp³-hybridized carbons (Fsp3) is 0.500. The molecule has 0 saturated carbocycles. The van der Waals surface area contributed by atoms with Gasteiger partial charge in [-0.3, -0.25) is 0 Å². The lowest BCUT2D eigenvalue weighted by molar-refractivity contribution is -0.139. The van der Waals surface area contributed by atoms with Crippen molar-refractivity contribution in [2.75, 3.05) is 19.0 Å². The second kappa shape index (κ2) is 5.82. The summed E-state index contributed by atoms with van der Waals surface area (Å²) < 4.78 is 41.7. The first-order valence-corrected chi connectivity index (χ1v) is 6.92. The Morgan fingerprint density at radius 2 is 2.10 bits per heavy atom. The molecule has 0 unspecified atom stereocenters. The Bertz CT molecular complexity index is 597. The highest BCUT2D eigenvalue weighted by atomic mass is 32.1. The average molecular weight is 305 g/mol. The lowest BCUT2D eigenvalue weighted by atomic mass is 10.3. The molecule has 0 aromatic carbocycles. The fourth-order valence-electron chi connectivity index (χ4n) is 1.60. The molecule has 2 aromatic rings. The minimum absolute atomic E-state index is 0.194. The highest BCUT2D eigenvalue weighted by Gasteiger charge is 2.27. The predicted octanol–water partition coefficient (Wildman–Crippen LogP) is 3.63. The molecule has 2 rings (SSSR count). The molecule has 2 aromatic heterocycles. The van der Waals surface area contributed by atoms with Crippen LogP contribution in [0.2, 0.25) is 0 Å². The van der Waals surface area contributed by atoms with Gasteiger partial charge in [-0.2, -0.15) is 18.2 Å². The van der Waals surface area contributed by atoms with Gasteiger partial charge in [0.1, 0.15) is 4.83 Å². The summed E-state index contributed by atoms with van der Waals surface area (Å²) in [5, 5.41) is 3.44. The number of thiophene rings is 1. The second-order valence-corrected chi connectivity index (χ2v) is 5.22. The Morgan fingerprint density at radius 3 is 2.70 bits per heavy atom. The molecule has 0 aliphatic heterocycles. The number of alkyl halides is 3. The van der Waals surface area contributed by atoms with Crippen LogP contribution in [0.5, 0.6) is 5.88 Å². The van der Waals surface area contributed by atoms with Crippen LogP contribution in [0, 0.1) is 0 Å². The van der Waals surface area contributed by atoms with Gasteiger partial charge < -0.3 is 10.1 Å². The van der Waals surface area contributed by atoms with E-state index in [4.69, 9.17) is 4.74 Å². The molecule has 4 nitrogen and oxygen atoms in total. The number of nitrogens with one attached hydrogen (secondary N) is 1. The number of fused-ring (bicyclic) bond motifs is 1. The predicted molar refractivity (Wildman–Crippen MR) is 72.5 cm³/mol. The monoisotopic (exact) mass is 305 g/mol. The molecule has 0 atom stereocenters. The number of anilines is 1. The summed E-state index contributed by atoms with van der Waals surface area (Å²) in [6.45, 7) is 1.55. The minimum atomic E-state index is -4.23. The molecule has 0 spiro atoms. The van der Waals surface area contributed by atoms with Crippen molar-refractivity contribution in [1.29, 1.82) is 0 Å². The smallest absolute Gasteiger partial charge is 0.392 e. The van der Waals surface area contributed by atoms with E-state index in [-0.39, 0.29) is 5.88 Å². The Hall–Kier alpha value is -1.57. The van der Waals surface area contributed by atoms with Crippen LogP contribution >= 0.6 is 11.3 Å². The van der Waals surface area contributed by atoms with E-state index in [0.29, 0.717) is 16.2 Å². The van der Waals surface area contributed by atoms with Gasteiger partial charge in [0.05, 0.1) is 18.4 Å². The first-order valence-electron chi connectivity index (χ1n) is 6.10. The van der Waals surface area contributed by atoms with E-state index < -0.39 is 19.2 Å². The van der Waals surface area contributed by atoms with Crippen LogP contribution < -0.4 is 10.1 Å². The molecular weight excluding hydrogens is 291 g/mol. The number of aromatic nitrogens is 2. The largest absolute Gasteiger partial charge is 0.477 e. The maximum Gasteiger partial charge on any atom is 0.392 e. The van der Waals surface area contributed by atoms with E-state index in [0.717, 1.165) is 11.3 Å². The lowest BCUT2D eigenvalue weighted by Gasteiger charge is -2.09. The van der Waals surface area contributed by atoms with E-state index >= 15 is 0 Å². The number of hydrogen-bond donors (Lipinski definition) is 1. The topological polar surface area (TPSA) is 47.0 Å². The van der Waals surface area contributed by atoms with Gasteiger partial charge >= 0.3 is 6.18 Å². The molecule has 1 N–H and O–H groups in total. The Kier molecular flexibility index (Phi) is 4.32. The van der Waals surface area contributed by atoms with E-state index in [1.165, 1.54) is 11.3 Å². The number of aryl methyl sites for hydroxylation is 1. The SMILES string of the molecule is CCc1cc2c(OCCC(F)(F)F)nc(NC)nc2s1. The number of ether oxygens (including phenoxy) is 1. The van der Waals surface area contributed by atoms with Gasteiger partial charge in [-0.05, 0) is 12.5 Å². The molecule has 2 heterocycles. The van der Waals surface area contributed by atoms with Gasteiger partial charge in [-0.15, -0.1) is 11.3 Å². The molecule has 0 amide bonds. The lowest BCUT2D eigenvalue weighted by Crippen LogP contribution is -2.13. The molecule has 0 aliphatic rings. The summed E-state index contributed by atoms with van der Waals surface area (Å²) in [7, 11) is 1.65. The number of halogens is 3. The first kappa shape index (κ1) is 14.8. The molecule has 0 fully saturated rings. The summed E-state index contributed by atoms with van der Waals surface area (Å²) >= 11 is 1.49. The summed E-state index contributed by atoms with van der Waals surface area (Å²) in [5.74, 6) is 0.531. The van der Waals surface area contributed by atoms with Gasteiger partial charge in [0.25, 0.3) is 0 Å². The zero-order chi connectivity index (χ0) is 14.8. The standard InChI is InChI=1S/C12H14F3N3OS/c1-3-7-6-8-9(19-5-4-12(13,14)15)17-11(16-2)18-10(8)20-7/h6H,3-5H2,1-2H3,(H,16,17,18). The molecule has 0 bridgehead atoms. The number of hydrogen-bond acceptors (Lipinski definition) is 5. The highest BCUT2D eigenvalue weighted by Crippen LogP contribution is 2.32. The zero-order valence-corrected chi connectivity index (χ0v) is 11.9. The molecule has 0 radical (unpaired) electrons. The number of nitrogens with zero attached hydrogens (tertiary/aromatic N) is 2.